The topological polar surface area (TPSA) is 35.0 Å². The van der Waals surface area contributed by atoms with Crippen LogP contribution < -0.4 is 4.74 Å². The highest BCUT2D eigenvalue weighted by molar-refractivity contribution is 5.86. The predicted octanol–water partition coefficient (Wildman–Crippen LogP) is 4.85. The highest BCUT2D eigenvalue weighted by Crippen LogP contribution is 2.31. The molecule has 3 heteroatoms. The van der Waals surface area contributed by atoms with E-state index in [1.54, 1.807) is 0 Å². The average molecular weight is 300 g/mol. The van der Waals surface area contributed by atoms with E-state index in [2.05, 4.69) is 12.1 Å². The molecular weight excluding hydrogens is 284 g/mol. The molecule has 4 aromatic rings. The Kier molecular flexibility index (Phi) is 3.39. The highest BCUT2D eigenvalue weighted by atomic mass is 16.5. The maximum Gasteiger partial charge on any atom is 0.147 e. The molecule has 0 saturated heterocycles. The fourth-order valence-corrected chi connectivity index (χ4v) is 2.74. The number of ether oxygens (including phenoxy) is 1. The molecule has 0 N–H and O–H groups in total. The highest BCUT2D eigenvalue weighted by Gasteiger charge is 2.12. The fraction of sp³-hybridized carbons (Fsp3) is 0.100. The maximum absolute atomic E-state index is 5.81. The summed E-state index contributed by atoms with van der Waals surface area (Å²) in [5.74, 6) is 0.772. The molecule has 2 aromatic heterocycles. The molecule has 0 aliphatic rings. The van der Waals surface area contributed by atoms with Crippen molar-refractivity contribution >= 4 is 21.8 Å². The second-order valence-corrected chi connectivity index (χ2v) is 5.35. The van der Waals surface area contributed by atoms with Crippen molar-refractivity contribution in [3.63, 3.8) is 0 Å². The van der Waals surface area contributed by atoms with Crippen molar-refractivity contribution in [1.29, 1.82) is 0 Å². The molecule has 112 valence electrons. The lowest BCUT2D eigenvalue weighted by Gasteiger charge is -2.11. The number of hydrogen-bond acceptors (Lipinski definition) is 3. The van der Waals surface area contributed by atoms with E-state index in [0.29, 0.717) is 6.61 Å². The molecule has 0 fully saturated rings. The van der Waals surface area contributed by atoms with E-state index in [9.17, 15) is 0 Å². The Hall–Kier alpha value is -2.94. The Morgan fingerprint density at radius 3 is 2.26 bits per heavy atom. The van der Waals surface area contributed by atoms with Gasteiger partial charge in [-0.1, -0.05) is 42.5 Å². The van der Waals surface area contributed by atoms with Gasteiger partial charge in [-0.2, -0.15) is 0 Å². The smallest absolute Gasteiger partial charge is 0.147 e. The van der Waals surface area contributed by atoms with Gasteiger partial charge in [0.1, 0.15) is 11.4 Å². The molecule has 0 atom stereocenters. The SMILES string of the molecule is CCOc1cc2ccccc2nc1-c1ccc2ccccc2n1. The van der Waals surface area contributed by atoms with Crippen LogP contribution in [0.4, 0.5) is 0 Å². The number of para-hydroxylation sites is 2. The largest absolute Gasteiger partial charge is 0.492 e. The van der Waals surface area contributed by atoms with E-state index in [0.717, 1.165) is 38.9 Å². The van der Waals surface area contributed by atoms with Crippen LogP contribution >= 0.6 is 0 Å². The molecule has 3 nitrogen and oxygen atoms in total. The molecule has 0 saturated carbocycles. The Balaban J connectivity index is 1.95. The van der Waals surface area contributed by atoms with Crippen molar-refractivity contribution < 1.29 is 4.74 Å². The van der Waals surface area contributed by atoms with Gasteiger partial charge in [-0.05, 0) is 31.2 Å². The predicted molar refractivity (Wildman–Crippen MR) is 93.6 cm³/mol. The minimum Gasteiger partial charge on any atom is -0.492 e. The molecular formula is C20H16N2O. The fourth-order valence-electron chi connectivity index (χ4n) is 2.74. The second kappa shape index (κ2) is 5.69. The van der Waals surface area contributed by atoms with Crippen molar-refractivity contribution in [2.24, 2.45) is 0 Å². The third kappa shape index (κ3) is 2.50. The summed E-state index contributed by atoms with van der Waals surface area (Å²) < 4.78 is 5.81. The molecule has 0 radical (unpaired) electrons. The first-order chi connectivity index (χ1) is 11.3. The number of hydrogen-bond donors (Lipinski definition) is 0. The molecule has 23 heavy (non-hydrogen) atoms. The summed E-state index contributed by atoms with van der Waals surface area (Å²) in [6.07, 6.45) is 0. The summed E-state index contributed by atoms with van der Waals surface area (Å²) >= 11 is 0. The van der Waals surface area contributed by atoms with Gasteiger partial charge in [-0.3, -0.25) is 0 Å². The molecule has 4 rings (SSSR count). The first-order valence-electron chi connectivity index (χ1n) is 7.74. The lowest BCUT2D eigenvalue weighted by Crippen LogP contribution is -1.98. The molecule has 0 unspecified atom stereocenters. The van der Waals surface area contributed by atoms with E-state index in [4.69, 9.17) is 14.7 Å². The van der Waals surface area contributed by atoms with E-state index >= 15 is 0 Å². The summed E-state index contributed by atoms with van der Waals surface area (Å²) in [6, 6.07) is 22.3. The second-order valence-electron chi connectivity index (χ2n) is 5.35. The Bertz CT molecular complexity index is 995. The van der Waals surface area contributed by atoms with E-state index in [1.165, 1.54) is 0 Å². The standard InChI is InChI=1S/C20H16N2O/c1-2-23-19-13-15-8-4-6-10-17(15)22-20(19)18-12-11-14-7-3-5-9-16(14)21-18/h3-13H,2H2,1H3. The van der Waals surface area contributed by atoms with Gasteiger partial charge in [-0.15, -0.1) is 0 Å². The summed E-state index contributed by atoms with van der Waals surface area (Å²) in [5.41, 5.74) is 3.53. The van der Waals surface area contributed by atoms with Gasteiger partial charge in [-0.25, -0.2) is 9.97 Å². The number of nitrogens with zero attached hydrogens (tertiary/aromatic N) is 2. The minimum absolute atomic E-state index is 0.598. The van der Waals surface area contributed by atoms with E-state index in [1.807, 2.05) is 61.5 Å². The Morgan fingerprint density at radius 1 is 0.783 bits per heavy atom. The van der Waals surface area contributed by atoms with Gasteiger partial charge in [0.2, 0.25) is 0 Å². The van der Waals surface area contributed by atoms with Crippen LogP contribution in [0.5, 0.6) is 5.75 Å². The van der Waals surface area contributed by atoms with Gasteiger partial charge >= 0.3 is 0 Å². The lowest BCUT2D eigenvalue weighted by molar-refractivity contribution is 0.341. The third-order valence-corrected chi connectivity index (χ3v) is 3.83. The first-order valence-corrected chi connectivity index (χ1v) is 7.74. The van der Waals surface area contributed by atoms with Gasteiger partial charge < -0.3 is 4.74 Å². The normalized spacial score (nSPS) is 11.0. The van der Waals surface area contributed by atoms with Crippen molar-refractivity contribution in [3.05, 3.63) is 66.7 Å². The lowest BCUT2D eigenvalue weighted by atomic mass is 10.1. The number of fused-ring (bicyclic) bond motifs is 2. The first kappa shape index (κ1) is 13.7. The zero-order chi connectivity index (χ0) is 15.6. The summed E-state index contributed by atoms with van der Waals surface area (Å²) in [5, 5.41) is 2.19. The third-order valence-electron chi connectivity index (χ3n) is 3.83. The van der Waals surface area contributed by atoms with Crippen molar-refractivity contribution in [1.82, 2.24) is 9.97 Å². The van der Waals surface area contributed by atoms with Crippen molar-refractivity contribution in [2.75, 3.05) is 6.61 Å². The Morgan fingerprint density at radius 2 is 1.48 bits per heavy atom. The summed E-state index contributed by atoms with van der Waals surface area (Å²) in [7, 11) is 0. The van der Waals surface area contributed by atoms with E-state index in [-0.39, 0.29) is 0 Å². The molecule has 0 amide bonds. The maximum atomic E-state index is 5.81. The van der Waals surface area contributed by atoms with Gasteiger partial charge in [0, 0.05) is 10.8 Å². The van der Waals surface area contributed by atoms with Crippen LogP contribution in [0.15, 0.2) is 66.7 Å². The van der Waals surface area contributed by atoms with Crippen LogP contribution in [0.25, 0.3) is 33.2 Å². The van der Waals surface area contributed by atoms with Crippen LogP contribution in [-0.2, 0) is 0 Å². The van der Waals surface area contributed by atoms with Crippen LogP contribution in [0.1, 0.15) is 6.92 Å². The van der Waals surface area contributed by atoms with Crippen LogP contribution in [0.3, 0.4) is 0 Å². The monoisotopic (exact) mass is 300 g/mol. The number of aromatic nitrogens is 2. The van der Waals surface area contributed by atoms with E-state index < -0.39 is 0 Å². The molecule has 0 aliphatic carbocycles. The average Bonchev–Trinajstić information content (AvgIpc) is 2.61. The molecule has 0 spiro atoms. The number of rotatable bonds is 3. The van der Waals surface area contributed by atoms with Crippen molar-refractivity contribution in [3.8, 4) is 17.1 Å². The van der Waals surface area contributed by atoms with Crippen LogP contribution in [0, 0.1) is 0 Å². The molecule has 2 heterocycles. The van der Waals surface area contributed by atoms with Crippen LogP contribution in [0.2, 0.25) is 0 Å². The molecule has 0 aliphatic heterocycles. The minimum atomic E-state index is 0.598. The molecule has 0 bridgehead atoms. The summed E-state index contributed by atoms with van der Waals surface area (Å²) in [6.45, 7) is 2.58. The Labute approximate surface area is 134 Å². The van der Waals surface area contributed by atoms with Crippen molar-refractivity contribution in [2.45, 2.75) is 6.92 Å². The quantitative estimate of drug-likeness (QED) is 0.542. The molecule has 2 aromatic carbocycles. The summed E-state index contributed by atoms with van der Waals surface area (Å²) in [4.78, 5) is 9.54. The van der Waals surface area contributed by atoms with Gasteiger partial charge in [0.25, 0.3) is 0 Å². The van der Waals surface area contributed by atoms with Crippen LogP contribution in [-0.4, -0.2) is 16.6 Å². The zero-order valence-corrected chi connectivity index (χ0v) is 12.9. The number of benzene rings is 2. The van der Waals surface area contributed by atoms with Gasteiger partial charge in [0.15, 0.2) is 0 Å². The number of pyridine rings is 2. The van der Waals surface area contributed by atoms with Gasteiger partial charge in [0.05, 0.1) is 23.3 Å². The zero-order valence-electron chi connectivity index (χ0n) is 12.9.